The Kier molecular flexibility index (Phi) is 6.91. The number of nitrogens with zero attached hydrogens (tertiary/aromatic N) is 1. The molecule has 1 saturated heterocycles. The van der Waals surface area contributed by atoms with E-state index in [-0.39, 0.29) is 17.5 Å². The van der Waals surface area contributed by atoms with Gasteiger partial charge in [0, 0.05) is 10.9 Å². The van der Waals surface area contributed by atoms with Gasteiger partial charge in [-0.05, 0) is 47.6 Å². The highest BCUT2D eigenvalue weighted by molar-refractivity contribution is 5.84. The van der Waals surface area contributed by atoms with Crippen LogP contribution in [0.4, 0.5) is 8.78 Å². The Bertz CT molecular complexity index is 1160. The molecule has 0 atom stereocenters. The highest BCUT2D eigenvalue weighted by atomic mass is 19.1. The molecule has 0 N–H and O–H groups in total. The summed E-state index contributed by atoms with van der Waals surface area (Å²) in [7, 11) is 0. The lowest BCUT2D eigenvalue weighted by Crippen LogP contribution is -2.33. The third-order valence-electron chi connectivity index (χ3n) is 5.48. The molecule has 1 aliphatic rings. The average molecular weight is 435 g/mol. The average Bonchev–Trinajstić information content (AvgIpc) is 2.82. The van der Waals surface area contributed by atoms with Crippen molar-refractivity contribution in [1.29, 1.82) is 5.26 Å². The molecule has 1 aliphatic heterocycles. The van der Waals surface area contributed by atoms with Crippen LogP contribution in [0.3, 0.4) is 0 Å². The summed E-state index contributed by atoms with van der Waals surface area (Å²) in [6, 6.07) is 15.3. The second kappa shape index (κ2) is 10.0. The van der Waals surface area contributed by atoms with E-state index in [1.807, 2.05) is 12.1 Å². The minimum Gasteiger partial charge on any atom is -0.369 e. The van der Waals surface area contributed by atoms with Gasteiger partial charge in [0.15, 0.2) is 6.29 Å². The van der Waals surface area contributed by atoms with E-state index in [2.05, 4.69) is 6.58 Å². The van der Waals surface area contributed by atoms with Crippen molar-refractivity contribution < 1.29 is 23.0 Å². The van der Waals surface area contributed by atoms with Gasteiger partial charge in [-0.2, -0.15) is 5.26 Å². The molecule has 6 heteroatoms. The lowest BCUT2D eigenvalue weighted by Gasteiger charge is -2.29. The summed E-state index contributed by atoms with van der Waals surface area (Å²) in [5.74, 6) is -0.839. The van der Waals surface area contributed by atoms with Crippen LogP contribution in [0.25, 0.3) is 10.8 Å². The fourth-order valence-corrected chi connectivity index (χ4v) is 3.76. The van der Waals surface area contributed by atoms with Crippen LogP contribution >= 0.6 is 0 Å². The van der Waals surface area contributed by atoms with Crippen molar-refractivity contribution in [2.75, 3.05) is 19.8 Å². The van der Waals surface area contributed by atoms with E-state index < -0.39 is 12.1 Å². The maximum absolute atomic E-state index is 15.1. The van der Waals surface area contributed by atoms with Gasteiger partial charge in [-0.25, -0.2) is 8.78 Å². The Morgan fingerprint density at radius 1 is 1.06 bits per heavy atom. The second-order valence-corrected chi connectivity index (χ2v) is 7.69. The number of nitriles is 1. The fourth-order valence-electron chi connectivity index (χ4n) is 3.76. The lowest BCUT2D eigenvalue weighted by atomic mass is 9.98. The molecule has 0 radical (unpaired) electrons. The predicted octanol–water partition coefficient (Wildman–Crippen LogP) is 5.39. The van der Waals surface area contributed by atoms with Crippen molar-refractivity contribution in [3.63, 3.8) is 0 Å². The van der Waals surface area contributed by atoms with Gasteiger partial charge in [0.2, 0.25) is 0 Å². The van der Waals surface area contributed by atoms with Crippen LogP contribution in [0.15, 0.2) is 61.2 Å². The van der Waals surface area contributed by atoms with Gasteiger partial charge < -0.3 is 14.2 Å². The minimum atomic E-state index is -0.553. The first kappa shape index (κ1) is 22.1. The van der Waals surface area contributed by atoms with Gasteiger partial charge in [0.1, 0.15) is 23.8 Å². The Hall–Kier alpha value is -3.11. The molecule has 32 heavy (non-hydrogen) atoms. The van der Waals surface area contributed by atoms with Crippen LogP contribution in [0.1, 0.15) is 28.5 Å². The molecule has 1 heterocycles. The molecule has 1 fully saturated rings. The van der Waals surface area contributed by atoms with Gasteiger partial charge >= 0.3 is 0 Å². The van der Waals surface area contributed by atoms with Crippen molar-refractivity contribution in [1.82, 2.24) is 0 Å². The van der Waals surface area contributed by atoms with Crippen LogP contribution in [0.2, 0.25) is 0 Å². The number of halogens is 2. The van der Waals surface area contributed by atoms with Gasteiger partial charge in [-0.15, -0.1) is 6.58 Å². The van der Waals surface area contributed by atoms with Crippen molar-refractivity contribution >= 4 is 10.8 Å². The van der Waals surface area contributed by atoms with Gasteiger partial charge in [0.25, 0.3) is 0 Å². The largest absolute Gasteiger partial charge is 0.369 e. The summed E-state index contributed by atoms with van der Waals surface area (Å²) in [5.41, 5.74) is 2.10. The zero-order valence-electron chi connectivity index (χ0n) is 17.5. The number of fused-ring (bicyclic) bond motifs is 1. The first-order valence-corrected chi connectivity index (χ1v) is 10.4. The number of hydrogen-bond donors (Lipinski definition) is 0. The summed E-state index contributed by atoms with van der Waals surface area (Å²) in [6.07, 6.45) is 1.94. The van der Waals surface area contributed by atoms with Crippen LogP contribution in [-0.4, -0.2) is 25.9 Å². The number of rotatable bonds is 7. The van der Waals surface area contributed by atoms with E-state index >= 15 is 4.39 Å². The zero-order valence-corrected chi connectivity index (χ0v) is 17.5. The monoisotopic (exact) mass is 435 g/mol. The normalized spacial score (nSPS) is 18.4. The summed E-state index contributed by atoms with van der Waals surface area (Å²) in [5, 5.41) is 10.1. The highest BCUT2D eigenvalue weighted by Gasteiger charge is 2.24. The number of benzene rings is 3. The van der Waals surface area contributed by atoms with E-state index in [9.17, 15) is 4.39 Å². The summed E-state index contributed by atoms with van der Waals surface area (Å²) in [4.78, 5) is 0. The molecule has 3 aromatic carbocycles. The standard InChI is InChI=1S/C26H23F2NO3/c1-2-11-30-22-15-31-26(32-16-22)20-9-10-23-19(13-20)8-7-18(25(23)28)5-3-17-4-6-21(14-29)24(27)12-17/h2,4,6-10,12-13,22,26H,1,3,5,11,15-16H2. The van der Waals surface area contributed by atoms with Crippen molar-refractivity contribution in [3.05, 3.63) is 95.1 Å². The van der Waals surface area contributed by atoms with Crippen molar-refractivity contribution in [2.45, 2.75) is 25.2 Å². The molecule has 0 saturated carbocycles. The van der Waals surface area contributed by atoms with Crippen molar-refractivity contribution in [3.8, 4) is 6.07 Å². The maximum atomic E-state index is 15.1. The first-order valence-electron chi connectivity index (χ1n) is 10.4. The molecular formula is C26H23F2NO3. The SMILES string of the molecule is C=CCOC1COC(c2ccc3c(F)c(CCc4ccc(C#N)c(F)c4)ccc3c2)OC1. The van der Waals surface area contributed by atoms with Gasteiger partial charge in [-0.3, -0.25) is 0 Å². The smallest absolute Gasteiger partial charge is 0.184 e. The Labute approximate surface area is 185 Å². The molecule has 0 spiro atoms. The first-order chi connectivity index (χ1) is 15.6. The molecule has 0 bridgehead atoms. The highest BCUT2D eigenvalue weighted by Crippen LogP contribution is 2.29. The molecular weight excluding hydrogens is 412 g/mol. The third kappa shape index (κ3) is 4.86. The molecule has 4 nitrogen and oxygen atoms in total. The lowest BCUT2D eigenvalue weighted by molar-refractivity contribution is -0.228. The van der Waals surface area contributed by atoms with E-state index in [1.165, 1.54) is 12.1 Å². The Morgan fingerprint density at radius 2 is 1.88 bits per heavy atom. The molecule has 0 aromatic heterocycles. The van der Waals surface area contributed by atoms with Crippen LogP contribution in [-0.2, 0) is 27.1 Å². The fraction of sp³-hybridized carbons (Fsp3) is 0.269. The number of aryl methyl sites for hydroxylation is 2. The number of ether oxygens (including phenoxy) is 3. The van der Waals surface area contributed by atoms with Gasteiger partial charge in [0.05, 0.1) is 25.4 Å². The Morgan fingerprint density at radius 3 is 2.59 bits per heavy atom. The van der Waals surface area contributed by atoms with Crippen molar-refractivity contribution in [2.24, 2.45) is 0 Å². The van der Waals surface area contributed by atoms with Crippen LogP contribution in [0.5, 0.6) is 0 Å². The molecule has 4 rings (SSSR count). The van der Waals surface area contributed by atoms with Crippen LogP contribution in [0, 0.1) is 23.0 Å². The molecule has 0 amide bonds. The topological polar surface area (TPSA) is 51.5 Å². The third-order valence-corrected chi connectivity index (χ3v) is 5.48. The summed E-state index contributed by atoms with van der Waals surface area (Å²) >= 11 is 0. The molecule has 0 aliphatic carbocycles. The number of hydrogen-bond acceptors (Lipinski definition) is 4. The van der Waals surface area contributed by atoms with E-state index in [1.54, 1.807) is 36.4 Å². The zero-order chi connectivity index (χ0) is 22.5. The predicted molar refractivity (Wildman–Crippen MR) is 117 cm³/mol. The minimum absolute atomic E-state index is 0.00664. The summed E-state index contributed by atoms with van der Waals surface area (Å²) in [6.45, 7) is 4.90. The molecule has 0 unspecified atom stereocenters. The van der Waals surface area contributed by atoms with E-state index in [0.717, 1.165) is 16.5 Å². The Balaban J connectivity index is 1.45. The molecule has 3 aromatic rings. The van der Waals surface area contributed by atoms with E-state index in [0.29, 0.717) is 43.6 Å². The quantitative estimate of drug-likeness (QED) is 0.467. The van der Waals surface area contributed by atoms with Crippen LogP contribution < -0.4 is 0 Å². The van der Waals surface area contributed by atoms with Gasteiger partial charge in [-0.1, -0.05) is 36.4 Å². The summed E-state index contributed by atoms with van der Waals surface area (Å²) < 4.78 is 46.0. The van der Waals surface area contributed by atoms with E-state index in [4.69, 9.17) is 19.5 Å². The maximum Gasteiger partial charge on any atom is 0.184 e. The second-order valence-electron chi connectivity index (χ2n) is 7.69. The molecule has 164 valence electrons.